The fourth-order valence-corrected chi connectivity index (χ4v) is 3.97. The van der Waals surface area contributed by atoms with Gasteiger partial charge in [0.2, 0.25) is 5.91 Å². The molecule has 3 N–H and O–H groups in total. The molecule has 1 fully saturated rings. The standard InChI is InChI=1S/C19H20N4OS.2ClH/c24-18(11-15-12-25-9-8-20-15)21-14-5-3-4-13(10-14)19-22-16-6-1-2-7-17(16)23-19;;/h1-7,10,15,20H,8-9,11-12H2,(H,21,24)(H,22,23);2*1H. The van der Waals surface area contributed by atoms with E-state index in [9.17, 15) is 4.79 Å². The highest BCUT2D eigenvalue weighted by molar-refractivity contribution is 7.99. The van der Waals surface area contributed by atoms with Crippen molar-refractivity contribution in [1.29, 1.82) is 0 Å². The maximum absolute atomic E-state index is 12.3. The Balaban J connectivity index is 0.00000131. The SMILES string of the molecule is Cl.Cl.O=C(CC1CSCCN1)Nc1cccc(-c2nc3ccccc3[nH]2)c1. The van der Waals surface area contributed by atoms with Crippen LogP contribution in [0.1, 0.15) is 6.42 Å². The fourth-order valence-electron chi connectivity index (χ4n) is 3.02. The lowest BCUT2D eigenvalue weighted by atomic mass is 10.1. The van der Waals surface area contributed by atoms with Gasteiger partial charge in [-0.1, -0.05) is 24.3 Å². The molecule has 4 rings (SSSR count). The summed E-state index contributed by atoms with van der Waals surface area (Å²) < 4.78 is 0. The number of para-hydroxylation sites is 2. The van der Waals surface area contributed by atoms with Gasteiger partial charge >= 0.3 is 0 Å². The number of amides is 1. The van der Waals surface area contributed by atoms with Crippen LogP contribution in [-0.2, 0) is 4.79 Å². The quantitative estimate of drug-likeness (QED) is 0.589. The van der Waals surface area contributed by atoms with Crippen molar-refractivity contribution in [1.82, 2.24) is 15.3 Å². The second kappa shape index (κ2) is 9.99. The van der Waals surface area contributed by atoms with Gasteiger partial charge in [0, 0.05) is 41.8 Å². The van der Waals surface area contributed by atoms with Crippen LogP contribution in [0.25, 0.3) is 22.4 Å². The number of rotatable bonds is 4. The Bertz CT molecular complexity index is 863. The summed E-state index contributed by atoms with van der Waals surface area (Å²) in [6.45, 7) is 0.976. The Morgan fingerprint density at radius 1 is 1.19 bits per heavy atom. The third kappa shape index (κ3) is 5.39. The average Bonchev–Trinajstić information content (AvgIpc) is 3.07. The van der Waals surface area contributed by atoms with Crippen molar-refractivity contribution in [3.63, 3.8) is 0 Å². The summed E-state index contributed by atoms with van der Waals surface area (Å²) in [5.74, 6) is 2.97. The van der Waals surface area contributed by atoms with Gasteiger partial charge in [0.05, 0.1) is 11.0 Å². The predicted molar refractivity (Wildman–Crippen MR) is 118 cm³/mol. The summed E-state index contributed by atoms with van der Waals surface area (Å²) in [6.07, 6.45) is 0.502. The van der Waals surface area contributed by atoms with E-state index in [0.717, 1.165) is 46.2 Å². The molecule has 5 nitrogen and oxygen atoms in total. The number of H-pyrrole nitrogens is 1. The number of thioether (sulfide) groups is 1. The van der Waals surface area contributed by atoms with Gasteiger partial charge in [0.15, 0.2) is 0 Å². The molecule has 2 aromatic carbocycles. The van der Waals surface area contributed by atoms with Crippen molar-refractivity contribution in [2.24, 2.45) is 0 Å². The second-order valence-corrected chi connectivity index (χ2v) is 7.31. The second-order valence-electron chi connectivity index (χ2n) is 6.16. The largest absolute Gasteiger partial charge is 0.338 e. The lowest BCUT2D eigenvalue weighted by molar-refractivity contribution is -0.116. The van der Waals surface area contributed by atoms with Crippen molar-refractivity contribution in [2.75, 3.05) is 23.4 Å². The highest BCUT2D eigenvalue weighted by Gasteiger charge is 2.17. The van der Waals surface area contributed by atoms with E-state index in [1.54, 1.807) is 0 Å². The molecule has 1 aliphatic rings. The normalized spacial score (nSPS) is 16.2. The van der Waals surface area contributed by atoms with Crippen LogP contribution in [0.4, 0.5) is 5.69 Å². The first-order valence-electron chi connectivity index (χ1n) is 8.44. The lowest BCUT2D eigenvalue weighted by Gasteiger charge is -2.22. The van der Waals surface area contributed by atoms with Gasteiger partial charge in [-0.05, 0) is 24.3 Å². The molecule has 0 radical (unpaired) electrons. The highest BCUT2D eigenvalue weighted by Crippen LogP contribution is 2.23. The topological polar surface area (TPSA) is 69.8 Å². The number of nitrogens with one attached hydrogen (secondary N) is 3. The molecule has 1 aliphatic heterocycles. The van der Waals surface area contributed by atoms with Gasteiger partial charge < -0.3 is 15.6 Å². The fraction of sp³-hybridized carbons (Fsp3) is 0.263. The molecule has 144 valence electrons. The van der Waals surface area contributed by atoms with Gasteiger partial charge in [-0.3, -0.25) is 4.79 Å². The molecule has 8 heteroatoms. The number of halogens is 2. The van der Waals surface area contributed by atoms with Crippen LogP contribution in [0.3, 0.4) is 0 Å². The molecule has 27 heavy (non-hydrogen) atoms. The highest BCUT2D eigenvalue weighted by atomic mass is 35.5. The summed E-state index contributed by atoms with van der Waals surface area (Å²) in [5.41, 5.74) is 3.70. The summed E-state index contributed by atoms with van der Waals surface area (Å²) in [6, 6.07) is 16.0. The molecule has 0 saturated carbocycles. The molecule has 3 aromatic rings. The molecule has 1 saturated heterocycles. The first-order chi connectivity index (χ1) is 12.3. The van der Waals surface area contributed by atoms with E-state index in [4.69, 9.17) is 0 Å². The Labute approximate surface area is 174 Å². The molecule has 0 spiro atoms. The Hall–Kier alpha value is -1.73. The maximum Gasteiger partial charge on any atom is 0.225 e. The van der Waals surface area contributed by atoms with E-state index in [2.05, 4.69) is 20.6 Å². The van der Waals surface area contributed by atoms with Crippen molar-refractivity contribution in [3.8, 4) is 11.4 Å². The van der Waals surface area contributed by atoms with Crippen molar-refractivity contribution < 1.29 is 4.79 Å². The van der Waals surface area contributed by atoms with Crippen LogP contribution in [0.15, 0.2) is 48.5 Å². The van der Waals surface area contributed by atoms with Crippen molar-refractivity contribution in [2.45, 2.75) is 12.5 Å². The van der Waals surface area contributed by atoms with Crippen LogP contribution >= 0.6 is 36.6 Å². The molecule has 2 heterocycles. The Morgan fingerprint density at radius 3 is 2.81 bits per heavy atom. The number of aromatic nitrogens is 2. The molecular formula is C19H22Cl2N4OS. The predicted octanol–water partition coefficient (Wildman–Crippen LogP) is 4.11. The number of hydrogen-bond acceptors (Lipinski definition) is 4. The number of nitrogens with zero attached hydrogens (tertiary/aromatic N) is 1. The number of benzene rings is 2. The van der Waals surface area contributed by atoms with Gasteiger partial charge in [0.25, 0.3) is 0 Å². The molecule has 1 amide bonds. The number of anilines is 1. The minimum absolute atomic E-state index is 0. The van der Waals surface area contributed by atoms with Gasteiger partial charge in [-0.15, -0.1) is 24.8 Å². The van der Waals surface area contributed by atoms with Crippen molar-refractivity contribution >= 4 is 59.2 Å². The molecule has 1 atom stereocenters. The first kappa shape index (κ1) is 21.6. The minimum atomic E-state index is 0. The molecule has 0 bridgehead atoms. The van der Waals surface area contributed by atoms with Gasteiger partial charge in [-0.2, -0.15) is 11.8 Å². The van der Waals surface area contributed by atoms with Crippen LogP contribution in [0, 0.1) is 0 Å². The van der Waals surface area contributed by atoms with Crippen molar-refractivity contribution in [3.05, 3.63) is 48.5 Å². The Kier molecular flexibility index (Phi) is 7.98. The van der Waals surface area contributed by atoms with Gasteiger partial charge in [0.1, 0.15) is 5.82 Å². The van der Waals surface area contributed by atoms with Crippen LogP contribution < -0.4 is 10.6 Å². The summed E-state index contributed by atoms with van der Waals surface area (Å²) in [7, 11) is 0. The average molecular weight is 425 g/mol. The van der Waals surface area contributed by atoms with Gasteiger partial charge in [-0.25, -0.2) is 4.98 Å². The van der Waals surface area contributed by atoms with E-state index < -0.39 is 0 Å². The Morgan fingerprint density at radius 2 is 2.04 bits per heavy atom. The molecule has 1 aromatic heterocycles. The number of hydrogen-bond donors (Lipinski definition) is 3. The number of imidazole rings is 1. The number of aromatic amines is 1. The smallest absolute Gasteiger partial charge is 0.225 e. The summed E-state index contributed by atoms with van der Waals surface area (Å²) >= 11 is 1.90. The zero-order valence-corrected chi connectivity index (χ0v) is 17.1. The molecule has 1 unspecified atom stereocenters. The van der Waals surface area contributed by atoms with E-state index in [1.807, 2.05) is 60.3 Å². The summed E-state index contributed by atoms with van der Waals surface area (Å²) in [5, 5.41) is 6.39. The monoisotopic (exact) mass is 424 g/mol. The number of carbonyl (C=O) groups excluding carboxylic acids is 1. The maximum atomic E-state index is 12.3. The van der Waals surface area contributed by atoms with Crippen LogP contribution in [-0.4, -0.2) is 40.0 Å². The third-order valence-corrected chi connectivity index (χ3v) is 5.37. The van der Waals surface area contributed by atoms with E-state index >= 15 is 0 Å². The lowest BCUT2D eigenvalue weighted by Crippen LogP contribution is -2.39. The third-order valence-electron chi connectivity index (χ3n) is 4.24. The zero-order valence-electron chi connectivity index (χ0n) is 14.6. The molecule has 0 aliphatic carbocycles. The zero-order chi connectivity index (χ0) is 17.1. The number of carbonyl (C=O) groups is 1. The molecular weight excluding hydrogens is 403 g/mol. The van der Waals surface area contributed by atoms with E-state index in [0.29, 0.717) is 6.42 Å². The first-order valence-corrected chi connectivity index (χ1v) is 9.59. The minimum Gasteiger partial charge on any atom is -0.338 e. The van der Waals surface area contributed by atoms with E-state index in [1.165, 1.54) is 0 Å². The van der Waals surface area contributed by atoms with Crippen LogP contribution in [0.2, 0.25) is 0 Å². The summed E-state index contributed by atoms with van der Waals surface area (Å²) in [4.78, 5) is 20.2. The van der Waals surface area contributed by atoms with E-state index in [-0.39, 0.29) is 36.8 Å². The number of fused-ring (bicyclic) bond motifs is 1. The van der Waals surface area contributed by atoms with Crippen LogP contribution in [0.5, 0.6) is 0 Å².